The predicted octanol–water partition coefficient (Wildman–Crippen LogP) is 1.63. The lowest BCUT2D eigenvalue weighted by Crippen LogP contribution is -2.26. The molecule has 3 N–H and O–H groups in total. The highest BCUT2D eigenvalue weighted by Crippen LogP contribution is 2.16. The van der Waals surface area contributed by atoms with Gasteiger partial charge in [0.15, 0.2) is 0 Å². The second-order valence-electron chi connectivity index (χ2n) is 4.72. The molecule has 1 aromatic carbocycles. The van der Waals surface area contributed by atoms with Crippen LogP contribution in [-0.2, 0) is 6.54 Å². The minimum Gasteiger partial charge on any atom is -0.395 e. The number of anilines is 1. The number of aromatic nitrogens is 1. The van der Waals surface area contributed by atoms with Crippen molar-refractivity contribution < 1.29 is 14.4 Å². The number of aryl methyl sites for hydroxylation is 2. The van der Waals surface area contributed by atoms with E-state index < -0.39 is 0 Å². The smallest absolute Gasteiger partial charge is 0.251 e. The average Bonchev–Trinajstić information content (AvgIpc) is 2.82. The van der Waals surface area contributed by atoms with Gasteiger partial charge in [-0.05, 0) is 32.0 Å². The van der Waals surface area contributed by atoms with E-state index >= 15 is 0 Å². The summed E-state index contributed by atoms with van der Waals surface area (Å²) in [7, 11) is 0. The van der Waals surface area contributed by atoms with Crippen LogP contribution in [0, 0.1) is 13.8 Å². The highest BCUT2D eigenvalue weighted by atomic mass is 16.5. The van der Waals surface area contributed by atoms with Crippen molar-refractivity contribution in [3.63, 3.8) is 0 Å². The minimum atomic E-state index is -0.204. The summed E-state index contributed by atoms with van der Waals surface area (Å²) in [5.74, 6) is 0.585. The van der Waals surface area contributed by atoms with E-state index in [1.165, 1.54) is 0 Å². The number of aliphatic hydroxyl groups is 1. The van der Waals surface area contributed by atoms with Gasteiger partial charge in [-0.25, -0.2) is 0 Å². The fourth-order valence-corrected chi connectivity index (χ4v) is 1.99. The number of carbonyl (C=O) groups excluding carboxylic acids is 1. The van der Waals surface area contributed by atoms with Crippen LogP contribution in [0.4, 0.5) is 5.69 Å². The van der Waals surface area contributed by atoms with E-state index in [-0.39, 0.29) is 19.1 Å². The van der Waals surface area contributed by atoms with Gasteiger partial charge in [0.2, 0.25) is 0 Å². The van der Waals surface area contributed by atoms with Gasteiger partial charge >= 0.3 is 0 Å². The minimum absolute atomic E-state index is 0.0737. The Hall–Kier alpha value is -2.34. The summed E-state index contributed by atoms with van der Waals surface area (Å²) in [5, 5.41) is 18.5. The quantitative estimate of drug-likeness (QED) is 0.752. The second kappa shape index (κ2) is 6.90. The Morgan fingerprint density at radius 2 is 2.19 bits per heavy atom. The number of benzene rings is 1. The number of hydrogen-bond donors (Lipinski definition) is 3. The zero-order chi connectivity index (χ0) is 15.2. The normalized spacial score (nSPS) is 10.4. The van der Waals surface area contributed by atoms with Gasteiger partial charge in [-0.1, -0.05) is 11.2 Å². The molecule has 2 rings (SSSR count). The topological polar surface area (TPSA) is 87.4 Å². The lowest BCUT2D eigenvalue weighted by Gasteiger charge is -2.08. The highest BCUT2D eigenvalue weighted by Gasteiger charge is 2.09. The van der Waals surface area contributed by atoms with Crippen molar-refractivity contribution in [1.82, 2.24) is 10.5 Å². The molecule has 6 nitrogen and oxygen atoms in total. The molecule has 1 heterocycles. The maximum Gasteiger partial charge on any atom is 0.251 e. The fourth-order valence-electron chi connectivity index (χ4n) is 1.99. The molecule has 0 aliphatic carbocycles. The van der Waals surface area contributed by atoms with E-state index in [0.29, 0.717) is 12.1 Å². The lowest BCUT2D eigenvalue weighted by atomic mass is 10.1. The van der Waals surface area contributed by atoms with Crippen molar-refractivity contribution >= 4 is 11.6 Å². The van der Waals surface area contributed by atoms with E-state index in [1.54, 1.807) is 12.1 Å². The van der Waals surface area contributed by atoms with Gasteiger partial charge < -0.3 is 20.3 Å². The molecule has 1 amide bonds. The molecule has 2 aromatic rings. The second-order valence-corrected chi connectivity index (χ2v) is 4.72. The van der Waals surface area contributed by atoms with E-state index in [0.717, 1.165) is 22.7 Å². The Labute approximate surface area is 123 Å². The van der Waals surface area contributed by atoms with Gasteiger partial charge in [0.1, 0.15) is 5.76 Å². The van der Waals surface area contributed by atoms with E-state index in [4.69, 9.17) is 9.63 Å². The predicted molar refractivity (Wildman–Crippen MR) is 79.2 cm³/mol. The Balaban J connectivity index is 2.03. The Morgan fingerprint density at radius 3 is 2.86 bits per heavy atom. The first kappa shape index (κ1) is 15.1. The molecule has 0 aliphatic heterocycles. The number of aliphatic hydroxyl groups excluding tert-OH is 1. The molecule has 0 saturated carbocycles. The van der Waals surface area contributed by atoms with Crippen LogP contribution in [0.2, 0.25) is 0 Å². The van der Waals surface area contributed by atoms with Crippen LogP contribution in [-0.4, -0.2) is 29.3 Å². The van der Waals surface area contributed by atoms with Crippen molar-refractivity contribution in [1.29, 1.82) is 0 Å². The molecule has 0 unspecified atom stereocenters. The van der Waals surface area contributed by atoms with E-state index in [9.17, 15) is 4.79 Å². The molecule has 0 saturated heterocycles. The standard InChI is InChI=1S/C15H19N3O3/c1-10-14(11(2)21-18-10)9-17-13-5-3-4-12(8-13)15(20)16-6-7-19/h3-5,8,17,19H,6-7,9H2,1-2H3,(H,16,20). The number of nitrogens with one attached hydrogen (secondary N) is 2. The fraction of sp³-hybridized carbons (Fsp3) is 0.333. The summed E-state index contributed by atoms with van der Waals surface area (Å²) in [6.07, 6.45) is 0. The first-order valence-electron chi connectivity index (χ1n) is 6.76. The van der Waals surface area contributed by atoms with Crippen molar-refractivity contribution in [2.24, 2.45) is 0 Å². The van der Waals surface area contributed by atoms with Crippen molar-refractivity contribution in [2.75, 3.05) is 18.5 Å². The molecule has 21 heavy (non-hydrogen) atoms. The zero-order valence-electron chi connectivity index (χ0n) is 12.1. The van der Waals surface area contributed by atoms with Gasteiger partial charge in [0.05, 0.1) is 12.3 Å². The van der Waals surface area contributed by atoms with Crippen LogP contribution in [0.25, 0.3) is 0 Å². The van der Waals surface area contributed by atoms with Crippen molar-refractivity contribution in [2.45, 2.75) is 20.4 Å². The maximum absolute atomic E-state index is 11.8. The van der Waals surface area contributed by atoms with Gasteiger partial charge in [0.25, 0.3) is 5.91 Å². The first-order valence-corrected chi connectivity index (χ1v) is 6.76. The molecular formula is C15H19N3O3. The van der Waals surface area contributed by atoms with Crippen molar-refractivity contribution in [3.8, 4) is 0 Å². The molecule has 0 bridgehead atoms. The number of rotatable bonds is 6. The molecular weight excluding hydrogens is 270 g/mol. The van der Waals surface area contributed by atoms with Crippen LogP contribution < -0.4 is 10.6 Å². The van der Waals surface area contributed by atoms with Gasteiger partial charge in [0, 0.05) is 29.9 Å². The number of hydrogen-bond acceptors (Lipinski definition) is 5. The third kappa shape index (κ3) is 3.82. The van der Waals surface area contributed by atoms with Crippen LogP contribution in [0.3, 0.4) is 0 Å². The zero-order valence-corrected chi connectivity index (χ0v) is 12.1. The summed E-state index contributed by atoms with van der Waals surface area (Å²) in [4.78, 5) is 11.8. The van der Waals surface area contributed by atoms with Crippen LogP contribution in [0.5, 0.6) is 0 Å². The summed E-state index contributed by atoms with van der Waals surface area (Å²) < 4.78 is 5.11. The summed E-state index contributed by atoms with van der Waals surface area (Å²) in [6, 6.07) is 7.20. The SMILES string of the molecule is Cc1noc(C)c1CNc1cccc(C(=O)NCCO)c1. The third-order valence-electron chi connectivity index (χ3n) is 3.17. The van der Waals surface area contributed by atoms with Crippen molar-refractivity contribution in [3.05, 3.63) is 46.8 Å². The highest BCUT2D eigenvalue weighted by molar-refractivity contribution is 5.95. The monoisotopic (exact) mass is 289 g/mol. The third-order valence-corrected chi connectivity index (χ3v) is 3.17. The Kier molecular flexibility index (Phi) is 4.94. The molecule has 0 aliphatic rings. The summed E-state index contributed by atoms with van der Waals surface area (Å²) >= 11 is 0. The van der Waals surface area contributed by atoms with Crippen LogP contribution in [0.15, 0.2) is 28.8 Å². The molecule has 112 valence electrons. The Bertz CT molecular complexity index is 603. The van der Waals surface area contributed by atoms with Gasteiger partial charge in [-0.2, -0.15) is 0 Å². The molecule has 0 atom stereocenters. The van der Waals surface area contributed by atoms with E-state index in [2.05, 4.69) is 15.8 Å². The van der Waals surface area contributed by atoms with Gasteiger partial charge in [-0.15, -0.1) is 0 Å². The molecule has 6 heteroatoms. The first-order chi connectivity index (χ1) is 10.1. The number of nitrogens with zero attached hydrogens (tertiary/aromatic N) is 1. The molecule has 1 aromatic heterocycles. The largest absolute Gasteiger partial charge is 0.395 e. The maximum atomic E-state index is 11.8. The molecule has 0 radical (unpaired) electrons. The van der Waals surface area contributed by atoms with Crippen LogP contribution >= 0.6 is 0 Å². The van der Waals surface area contributed by atoms with Gasteiger partial charge in [-0.3, -0.25) is 4.79 Å². The lowest BCUT2D eigenvalue weighted by molar-refractivity contribution is 0.0945. The molecule has 0 spiro atoms. The summed E-state index contributed by atoms with van der Waals surface area (Å²) in [6.45, 7) is 4.52. The molecule has 0 fully saturated rings. The number of amides is 1. The Morgan fingerprint density at radius 1 is 1.38 bits per heavy atom. The number of carbonyl (C=O) groups is 1. The van der Waals surface area contributed by atoms with E-state index in [1.807, 2.05) is 26.0 Å². The summed E-state index contributed by atoms with van der Waals surface area (Å²) in [5.41, 5.74) is 3.26. The average molecular weight is 289 g/mol. The van der Waals surface area contributed by atoms with Crippen LogP contribution in [0.1, 0.15) is 27.4 Å².